The first-order chi connectivity index (χ1) is 12.8. The maximum atomic E-state index is 11.9. The topological polar surface area (TPSA) is 71.3 Å². The Labute approximate surface area is 154 Å². The highest BCUT2D eigenvalue weighted by atomic mass is 32.1. The SMILES string of the molecule is O=C(NCc1cccc(-c2cn3ncccc3n2)c1)NCc1cccs1. The van der Waals surface area contributed by atoms with Gasteiger partial charge in [0.15, 0.2) is 5.65 Å². The molecule has 26 heavy (non-hydrogen) atoms. The number of fused-ring (bicyclic) bond motifs is 1. The Kier molecular flexibility index (Phi) is 4.61. The summed E-state index contributed by atoms with van der Waals surface area (Å²) in [5.41, 5.74) is 3.67. The number of imidazole rings is 1. The first kappa shape index (κ1) is 16.3. The molecule has 4 aromatic rings. The van der Waals surface area contributed by atoms with Gasteiger partial charge in [0.25, 0.3) is 0 Å². The lowest BCUT2D eigenvalue weighted by Gasteiger charge is -2.08. The molecule has 0 spiro atoms. The van der Waals surface area contributed by atoms with Gasteiger partial charge in [0.2, 0.25) is 0 Å². The Bertz CT molecular complexity index is 992. The lowest BCUT2D eigenvalue weighted by molar-refractivity contribution is 0.240. The lowest BCUT2D eigenvalue weighted by Crippen LogP contribution is -2.34. The predicted molar refractivity (Wildman–Crippen MR) is 102 cm³/mol. The van der Waals surface area contributed by atoms with Gasteiger partial charge in [-0.3, -0.25) is 0 Å². The van der Waals surface area contributed by atoms with Crippen LogP contribution in [0.25, 0.3) is 16.9 Å². The molecule has 3 heterocycles. The van der Waals surface area contributed by atoms with Gasteiger partial charge in [-0.1, -0.05) is 24.3 Å². The van der Waals surface area contributed by atoms with Crippen molar-refractivity contribution < 1.29 is 4.79 Å². The number of amides is 2. The Morgan fingerprint density at radius 3 is 2.85 bits per heavy atom. The normalized spacial score (nSPS) is 10.8. The minimum absolute atomic E-state index is 0.180. The smallest absolute Gasteiger partial charge is 0.315 e. The molecule has 0 atom stereocenters. The molecule has 130 valence electrons. The molecule has 7 heteroatoms. The van der Waals surface area contributed by atoms with Crippen molar-refractivity contribution in [3.8, 4) is 11.3 Å². The number of rotatable bonds is 5. The van der Waals surface area contributed by atoms with E-state index in [9.17, 15) is 4.79 Å². The summed E-state index contributed by atoms with van der Waals surface area (Å²) in [4.78, 5) is 17.6. The number of nitrogens with zero attached hydrogens (tertiary/aromatic N) is 3. The maximum absolute atomic E-state index is 11.9. The van der Waals surface area contributed by atoms with Crippen LogP contribution in [0, 0.1) is 0 Å². The van der Waals surface area contributed by atoms with E-state index in [4.69, 9.17) is 0 Å². The van der Waals surface area contributed by atoms with E-state index in [0.717, 1.165) is 27.3 Å². The molecule has 0 unspecified atom stereocenters. The molecule has 6 nitrogen and oxygen atoms in total. The molecular weight excluding hydrogens is 346 g/mol. The van der Waals surface area contributed by atoms with E-state index < -0.39 is 0 Å². The van der Waals surface area contributed by atoms with Crippen molar-refractivity contribution in [3.63, 3.8) is 0 Å². The number of thiophene rings is 1. The molecule has 0 fully saturated rings. The van der Waals surface area contributed by atoms with Crippen molar-refractivity contribution in [3.05, 3.63) is 76.7 Å². The molecule has 0 aliphatic carbocycles. The number of hydrogen-bond donors (Lipinski definition) is 2. The number of aromatic nitrogens is 3. The van der Waals surface area contributed by atoms with Crippen molar-refractivity contribution in [1.29, 1.82) is 0 Å². The van der Waals surface area contributed by atoms with Crippen LogP contribution in [0.2, 0.25) is 0 Å². The lowest BCUT2D eigenvalue weighted by atomic mass is 10.1. The Hall–Kier alpha value is -3.19. The first-order valence-electron chi connectivity index (χ1n) is 8.22. The Morgan fingerprint density at radius 2 is 2.00 bits per heavy atom. The zero-order chi connectivity index (χ0) is 17.8. The van der Waals surface area contributed by atoms with Crippen LogP contribution in [0.5, 0.6) is 0 Å². The molecule has 0 saturated carbocycles. The third-order valence-corrected chi connectivity index (χ3v) is 4.79. The van der Waals surface area contributed by atoms with E-state index in [1.165, 1.54) is 0 Å². The standard InChI is InChI=1S/C19H17N5OS/c25-19(21-12-16-6-3-9-26-16)20-11-14-4-1-5-15(10-14)17-13-24-18(23-17)7-2-8-22-24/h1-10,13H,11-12H2,(H2,20,21,25). The monoisotopic (exact) mass is 363 g/mol. The quantitative estimate of drug-likeness (QED) is 0.570. The average molecular weight is 363 g/mol. The van der Waals surface area contributed by atoms with Gasteiger partial charge in [0.1, 0.15) is 0 Å². The van der Waals surface area contributed by atoms with Gasteiger partial charge in [-0.15, -0.1) is 11.3 Å². The molecule has 1 aromatic carbocycles. The number of carbonyl (C=O) groups excluding carboxylic acids is 1. The van der Waals surface area contributed by atoms with E-state index in [1.807, 2.05) is 60.1 Å². The number of urea groups is 1. The molecule has 2 amide bonds. The summed E-state index contributed by atoms with van der Waals surface area (Å²) in [5, 5.41) is 12.0. The number of nitrogens with one attached hydrogen (secondary N) is 2. The maximum Gasteiger partial charge on any atom is 0.315 e. The fourth-order valence-corrected chi connectivity index (χ4v) is 3.28. The summed E-state index contributed by atoms with van der Waals surface area (Å²) < 4.78 is 1.75. The molecule has 0 aliphatic heterocycles. The summed E-state index contributed by atoms with van der Waals surface area (Å²) in [5.74, 6) is 0. The number of carbonyl (C=O) groups is 1. The van der Waals surface area contributed by atoms with Crippen LogP contribution >= 0.6 is 11.3 Å². The van der Waals surface area contributed by atoms with Gasteiger partial charge in [-0.2, -0.15) is 5.10 Å². The van der Waals surface area contributed by atoms with Crippen LogP contribution in [0.1, 0.15) is 10.4 Å². The van der Waals surface area contributed by atoms with Crippen molar-refractivity contribution in [2.24, 2.45) is 0 Å². The van der Waals surface area contributed by atoms with Crippen molar-refractivity contribution in [1.82, 2.24) is 25.2 Å². The van der Waals surface area contributed by atoms with Gasteiger partial charge in [0.05, 0.1) is 18.4 Å². The van der Waals surface area contributed by atoms with Crippen molar-refractivity contribution >= 4 is 23.0 Å². The summed E-state index contributed by atoms with van der Waals surface area (Å²) in [7, 11) is 0. The Morgan fingerprint density at radius 1 is 1.08 bits per heavy atom. The molecule has 4 rings (SSSR count). The second kappa shape index (κ2) is 7.37. The summed E-state index contributed by atoms with van der Waals surface area (Å²) in [6.45, 7) is 0.994. The molecule has 3 aromatic heterocycles. The third-order valence-electron chi connectivity index (χ3n) is 3.92. The molecule has 0 bridgehead atoms. The highest BCUT2D eigenvalue weighted by molar-refractivity contribution is 7.09. The van der Waals surface area contributed by atoms with Gasteiger partial charge in [-0.25, -0.2) is 14.3 Å². The third kappa shape index (κ3) is 3.73. The van der Waals surface area contributed by atoms with E-state index in [0.29, 0.717) is 13.1 Å². The molecule has 0 radical (unpaired) electrons. The van der Waals surface area contributed by atoms with E-state index in [1.54, 1.807) is 22.0 Å². The summed E-state index contributed by atoms with van der Waals surface area (Å²) in [6.07, 6.45) is 3.63. The van der Waals surface area contributed by atoms with Crippen LogP contribution < -0.4 is 10.6 Å². The van der Waals surface area contributed by atoms with Crippen LogP contribution in [-0.2, 0) is 13.1 Å². The summed E-state index contributed by atoms with van der Waals surface area (Å²) >= 11 is 1.62. The number of hydrogen-bond acceptors (Lipinski definition) is 4. The molecule has 2 N–H and O–H groups in total. The first-order valence-corrected chi connectivity index (χ1v) is 9.10. The highest BCUT2D eigenvalue weighted by Gasteiger charge is 2.06. The van der Waals surface area contributed by atoms with E-state index >= 15 is 0 Å². The zero-order valence-corrected chi connectivity index (χ0v) is 14.7. The average Bonchev–Trinajstić information content (AvgIpc) is 3.34. The van der Waals surface area contributed by atoms with Crippen LogP contribution in [0.15, 0.2) is 66.3 Å². The minimum Gasteiger partial charge on any atom is -0.334 e. The second-order valence-electron chi connectivity index (χ2n) is 5.77. The van der Waals surface area contributed by atoms with Gasteiger partial charge in [0, 0.05) is 23.2 Å². The van der Waals surface area contributed by atoms with Crippen LogP contribution in [-0.4, -0.2) is 20.6 Å². The van der Waals surface area contributed by atoms with Gasteiger partial charge in [-0.05, 0) is 35.2 Å². The largest absolute Gasteiger partial charge is 0.334 e. The van der Waals surface area contributed by atoms with E-state index in [-0.39, 0.29) is 6.03 Å². The predicted octanol–water partition coefficient (Wildman–Crippen LogP) is 3.46. The number of benzene rings is 1. The van der Waals surface area contributed by atoms with Crippen LogP contribution in [0.4, 0.5) is 4.79 Å². The van der Waals surface area contributed by atoms with Crippen molar-refractivity contribution in [2.45, 2.75) is 13.1 Å². The molecular formula is C19H17N5OS. The fraction of sp³-hybridized carbons (Fsp3) is 0.105. The fourth-order valence-electron chi connectivity index (χ4n) is 2.64. The summed E-state index contributed by atoms with van der Waals surface area (Å²) in [6, 6.07) is 15.5. The minimum atomic E-state index is -0.180. The van der Waals surface area contributed by atoms with Gasteiger partial charge < -0.3 is 10.6 Å². The highest BCUT2D eigenvalue weighted by Crippen LogP contribution is 2.19. The molecule has 0 saturated heterocycles. The van der Waals surface area contributed by atoms with Crippen LogP contribution in [0.3, 0.4) is 0 Å². The van der Waals surface area contributed by atoms with Gasteiger partial charge >= 0.3 is 6.03 Å². The van der Waals surface area contributed by atoms with Crippen molar-refractivity contribution in [2.75, 3.05) is 0 Å². The zero-order valence-electron chi connectivity index (χ0n) is 13.9. The second-order valence-corrected chi connectivity index (χ2v) is 6.80. The Balaban J connectivity index is 1.40. The molecule has 0 aliphatic rings. The van der Waals surface area contributed by atoms with E-state index in [2.05, 4.69) is 20.7 Å².